The van der Waals surface area contributed by atoms with E-state index in [1.54, 1.807) is 0 Å². The number of aromatic nitrogens is 2. The van der Waals surface area contributed by atoms with Crippen LogP contribution in [0, 0.1) is 0 Å². The van der Waals surface area contributed by atoms with E-state index in [9.17, 15) is 4.79 Å². The number of amides is 1. The third kappa shape index (κ3) is 4.02. The molecule has 0 aromatic carbocycles. The van der Waals surface area contributed by atoms with Gasteiger partial charge in [-0.1, -0.05) is 19.3 Å². The highest BCUT2D eigenvalue weighted by Crippen LogP contribution is 2.30. The third-order valence-corrected chi connectivity index (χ3v) is 6.21. The van der Waals surface area contributed by atoms with Crippen molar-refractivity contribution in [3.05, 3.63) is 23.8 Å². The Morgan fingerprint density at radius 2 is 1.64 bits per heavy atom. The van der Waals surface area contributed by atoms with Crippen LogP contribution in [0.5, 0.6) is 0 Å². The minimum Gasteiger partial charge on any atom is -0.340 e. The summed E-state index contributed by atoms with van der Waals surface area (Å²) in [7, 11) is 0. The van der Waals surface area contributed by atoms with E-state index in [2.05, 4.69) is 19.8 Å². The Morgan fingerprint density at radius 1 is 0.920 bits per heavy atom. The molecule has 0 spiro atoms. The second-order valence-corrected chi connectivity index (χ2v) is 7.98. The van der Waals surface area contributed by atoms with Crippen molar-refractivity contribution in [2.75, 3.05) is 19.6 Å². The minimum atomic E-state index is 0.366. The van der Waals surface area contributed by atoms with Crippen LogP contribution < -0.4 is 0 Å². The van der Waals surface area contributed by atoms with Gasteiger partial charge < -0.3 is 4.90 Å². The van der Waals surface area contributed by atoms with Gasteiger partial charge in [0, 0.05) is 62.5 Å². The number of piperidine rings is 1. The fourth-order valence-corrected chi connectivity index (χ4v) is 4.72. The van der Waals surface area contributed by atoms with Crippen molar-refractivity contribution < 1.29 is 4.79 Å². The van der Waals surface area contributed by atoms with Gasteiger partial charge in [-0.05, 0) is 32.1 Å². The maximum Gasteiger partial charge on any atom is 0.222 e. The molecule has 3 heterocycles. The molecular formula is C20H30N4O. The Hall–Kier alpha value is -1.49. The molecule has 3 aliphatic rings. The number of rotatable bonds is 4. The second-order valence-electron chi connectivity index (χ2n) is 7.98. The smallest absolute Gasteiger partial charge is 0.222 e. The van der Waals surface area contributed by atoms with E-state index in [4.69, 9.17) is 0 Å². The first kappa shape index (κ1) is 17.0. The second kappa shape index (κ2) is 7.81. The third-order valence-electron chi connectivity index (χ3n) is 6.21. The van der Waals surface area contributed by atoms with Crippen LogP contribution in [0.15, 0.2) is 12.4 Å². The van der Waals surface area contributed by atoms with Crippen molar-refractivity contribution in [1.82, 2.24) is 19.8 Å². The van der Waals surface area contributed by atoms with Gasteiger partial charge in [-0.3, -0.25) is 9.69 Å². The van der Waals surface area contributed by atoms with Crippen LogP contribution in [0.4, 0.5) is 0 Å². The lowest BCUT2D eigenvalue weighted by Gasteiger charge is -2.36. The zero-order valence-electron chi connectivity index (χ0n) is 15.2. The Kier molecular flexibility index (Phi) is 5.30. The Balaban J connectivity index is 1.27. The largest absolute Gasteiger partial charge is 0.340 e. The lowest BCUT2D eigenvalue weighted by Crippen LogP contribution is -2.45. The summed E-state index contributed by atoms with van der Waals surface area (Å²) in [6, 6.07) is 0.469. The van der Waals surface area contributed by atoms with Gasteiger partial charge in [0.1, 0.15) is 5.82 Å². The molecule has 1 aromatic rings. The number of carbonyl (C=O) groups excluding carboxylic acids is 1. The van der Waals surface area contributed by atoms with E-state index in [-0.39, 0.29) is 0 Å². The maximum atomic E-state index is 11.9. The number of hydrogen-bond donors (Lipinski definition) is 0. The van der Waals surface area contributed by atoms with E-state index < -0.39 is 0 Å². The standard InChI is InChI=1S/C20H30N4O/c25-19-7-4-10-24(19)18-8-11-23(12-9-18)15-16-13-21-20(22-14-16)17-5-2-1-3-6-17/h13-14,17-18H,1-12,15H2. The van der Waals surface area contributed by atoms with Crippen molar-refractivity contribution in [1.29, 1.82) is 0 Å². The topological polar surface area (TPSA) is 49.3 Å². The lowest BCUT2D eigenvalue weighted by molar-refractivity contribution is -0.130. The quantitative estimate of drug-likeness (QED) is 0.843. The summed E-state index contributed by atoms with van der Waals surface area (Å²) in [6.45, 7) is 4.04. The van der Waals surface area contributed by atoms with Gasteiger partial charge >= 0.3 is 0 Å². The zero-order valence-corrected chi connectivity index (χ0v) is 15.2. The van der Waals surface area contributed by atoms with Gasteiger partial charge in [0.2, 0.25) is 5.91 Å². The first-order valence-corrected chi connectivity index (χ1v) is 10.1. The molecule has 5 nitrogen and oxygen atoms in total. The maximum absolute atomic E-state index is 11.9. The summed E-state index contributed by atoms with van der Waals surface area (Å²) in [4.78, 5) is 25.8. The summed E-state index contributed by atoms with van der Waals surface area (Å²) < 4.78 is 0. The average molecular weight is 342 g/mol. The first-order chi connectivity index (χ1) is 12.3. The van der Waals surface area contributed by atoms with Crippen molar-refractivity contribution in [3.8, 4) is 0 Å². The van der Waals surface area contributed by atoms with Gasteiger partial charge in [-0.25, -0.2) is 9.97 Å². The van der Waals surface area contributed by atoms with Gasteiger partial charge in [0.25, 0.3) is 0 Å². The van der Waals surface area contributed by atoms with E-state index in [0.29, 0.717) is 17.9 Å². The highest BCUT2D eigenvalue weighted by molar-refractivity contribution is 5.78. The van der Waals surface area contributed by atoms with Crippen LogP contribution in [0.3, 0.4) is 0 Å². The molecule has 0 unspecified atom stereocenters. The summed E-state index contributed by atoms with van der Waals surface area (Å²) in [5, 5.41) is 0. The average Bonchev–Trinajstić information content (AvgIpc) is 3.10. The Morgan fingerprint density at radius 3 is 2.28 bits per heavy atom. The fourth-order valence-electron chi connectivity index (χ4n) is 4.72. The molecular weight excluding hydrogens is 312 g/mol. The summed E-state index contributed by atoms with van der Waals surface area (Å²) in [6.07, 6.45) is 14.6. The molecule has 25 heavy (non-hydrogen) atoms. The normalized spacial score (nSPS) is 24.2. The molecule has 0 N–H and O–H groups in total. The molecule has 1 amide bonds. The van der Waals surface area contributed by atoms with Gasteiger partial charge in [-0.2, -0.15) is 0 Å². The van der Waals surface area contributed by atoms with Crippen LogP contribution in [0.1, 0.15) is 75.1 Å². The summed E-state index contributed by atoms with van der Waals surface area (Å²) in [5.41, 5.74) is 1.22. The molecule has 1 saturated carbocycles. The van der Waals surface area contributed by atoms with Gasteiger partial charge in [0.15, 0.2) is 0 Å². The molecule has 4 rings (SSSR count). The van der Waals surface area contributed by atoms with Crippen LogP contribution in [-0.2, 0) is 11.3 Å². The molecule has 0 bridgehead atoms. The van der Waals surface area contributed by atoms with Crippen LogP contribution >= 0.6 is 0 Å². The van der Waals surface area contributed by atoms with E-state index in [0.717, 1.165) is 57.7 Å². The van der Waals surface area contributed by atoms with E-state index >= 15 is 0 Å². The SMILES string of the molecule is O=C1CCCN1C1CCN(Cc2cnc(C3CCCCC3)nc2)CC1. The Bertz CT molecular complexity index is 574. The first-order valence-electron chi connectivity index (χ1n) is 10.1. The van der Waals surface area contributed by atoms with Crippen LogP contribution in [-0.4, -0.2) is 51.4 Å². The molecule has 1 aromatic heterocycles. The van der Waals surface area contributed by atoms with E-state index in [1.807, 2.05) is 12.4 Å². The summed E-state index contributed by atoms with van der Waals surface area (Å²) >= 11 is 0. The predicted octanol–water partition coefficient (Wildman–Crippen LogP) is 3.11. The number of carbonyl (C=O) groups is 1. The molecule has 136 valence electrons. The number of hydrogen-bond acceptors (Lipinski definition) is 4. The van der Waals surface area contributed by atoms with Gasteiger partial charge in [-0.15, -0.1) is 0 Å². The molecule has 0 atom stereocenters. The van der Waals surface area contributed by atoms with Crippen molar-refractivity contribution >= 4 is 5.91 Å². The fraction of sp³-hybridized carbons (Fsp3) is 0.750. The van der Waals surface area contributed by atoms with Crippen molar-refractivity contribution in [3.63, 3.8) is 0 Å². The molecule has 1 aliphatic carbocycles. The Labute approximate surface area is 150 Å². The monoisotopic (exact) mass is 342 g/mol. The number of likely N-dealkylation sites (tertiary alicyclic amines) is 2. The molecule has 3 fully saturated rings. The van der Waals surface area contributed by atoms with Crippen molar-refractivity contribution in [2.24, 2.45) is 0 Å². The molecule has 2 saturated heterocycles. The van der Waals surface area contributed by atoms with Crippen LogP contribution in [0.25, 0.3) is 0 Å². The summed E-state index contributed by atoms with van der Waals surface area (Å²) in [5.74, 6) is 2.00. The van der Waals surface area contributed by atoms with Gasteiger partial charge in [0.05, 0.1) is 0 Å². The highest BCUT2D eigenvalue weighted by atomic mass is 16.2. The number of nitrogens with zero attached hydrogens (tertiary/aromatic N) is 4. The predicted molar refractivity (Wildman–Crippen MR) is 97.1 cm³/mol. The molecule has 0 radical (unpaired) electrons. The lowest BCUT2D eigenvalue weighted by atomic mass is 9.89. The van der Waals surface area contributed by atoms with Crippen LogP contribution in [0.2, 0.25) is 0 Å². The molecule has 5 heteroatoms. The molecule has 2 aliphatic heterocycles. The van der Waals surface area contributed by atoms with Crippen molar-refractivity contribution in [2.45, 2.75) is 76.3 Å². The highest BCUT2D eigenvalue weighted by Gasteiger charge is 2.30. The zero-order chi connectivity index (χ0) is 17.1. The minimum absolute atomic E-state index is 0.366. The van der Waals surface area contributed by atoms with E-state index in [1.165, 1.54) is 37.7 Å².